The molecule has 0 unspecified atom stereocenters. The molecular formula is C71H110O5. The lowest BCUT2D eigenvalue weighted by molar-refractivity contribution is 0.112. The Morgan fingerprint density at radius 2 is 0.566 bits per heavy atom. The van der Waals surface area contributed by atoms with Crippen LogP contribution in [-0.4, -0.2) is 32.7 Å². The molecule has 424 valence electrons. The third kappa shape index (κ3) is 33.7. The predicted molar refractivity (Wildman–Crippen MR) is 326 cm³/mol. The van der Waals surface area contributed by atoms with Gasteiger partial charge in [-0.25, -0.2) is 0 Å². The Labute approximate surface area is 468 Å². The van der Waals surface area contributed by atoms with Gasteiger partial charge in [-0.15, -0.1) is 0 Å². The van der Waals surface area contributed by atoms with E-state index in [1.54, 1.807) is 0 Å². The first-order valence-electron chi connectivity index (χ1n) is 32.0. The molecule has 0 aliphatic heterocycles. The summed E-state index contributed by atoms with van der Waals surface area (Å²) in [6.45, 7) is 11.8. The second-order valence-electron chi connectivity index (χ2n) is 21.9. The third-order valence-electron chi connectivity index (χ3n) is 14.8. The maximum absolute atomic E-state index is 12.0. The van der Waals surface area contributed by atoms with Crippen molar-refractivity contribution in [2.45, 2.75) is 285 Å². The van der Waals surface area contributed by atoms with Gasteiger partial charge in [0, 0.05) is 27.8 Å². The van der Waals surface area contributed by atoms with Gasteiger partial charge in [-0.1, -0.05) is 289 Å². The van der Waals surface area contributed by atoms with Gasteiger partial charge < -0.3 is 18.9 Å². The Hall–Kier alpha value is -4.35. The summed E-state index contributed by atoms with van der Waals surface area (Å²) in [6.07, 6.45) is 52.5. The molecule has 0 spiro atoms. The van der Waals surface area contributed by atoms with Crippen LogP contribution in [0.1, 0.15) is 317 Å². The minimum atomic E-state index is 0.567. The van der Waals surface area contributed by atoms with Crippen LogP contribution in [-0.2, 0) is 0 Å². The number of ether oxygens (including phenoxy) is 4. The van der Waals surface area contributed by atoms with Crippen LogP contribution in [0.15, 0.2) is 54.6 Å². The number of carbonyl (C=O) groups is 1. The number of unbranched alkanes of at least 4 members (excludes halogenated alkanes) is 36. The van der Waals surface area contributed by atoms with E-state index >= 15 is 0 Å². The molecule has 0 N–H and O–H groups in total. The summed E-state index contributed by atoms with van der Waals surface area (Å²) in [7, 11) is 0. The number of hydrogen-bond acceptors (Lipinski definition) is 5. The quantitative estimate of drug-likeness (QED) is 0.0320. The van der Waals surface area contributed by atoms with Crippen LogP contribution in [0.2, 0.25) is 0 Å². The van der Waals surface area contributed by atoms with Crippen molar-refractivity contribution >= 4 is 6.29 Å². The van der Waals surface area contributed by atoms with Gasteiger partial charge in [0.1, 0.15) is 6.29 Å². The van der Waals surface area contributed by atoms with Crippen molar-refractivity contribution in [2.24, 2.45) is 0 Å². The molecule has 3 aromatic rings. The summed E-state index contributed by atoms with van der Waals surface area (Å²) in [5.41, 5.74) is 3.72. The van der Waals surface area contributed by atoms with E-state index < -0.39 is 0 Å². The standard InChI is InChI=1S/C71H110O5/c1-5-9-13-17-21-25-29-33-37-41-55-73-68-53-48-63(60-70(68)75-57-43-39-35-31-27-23-19-15-11-7-3)45-50-66-51-47-65(62-72)59-67(66)52-46-64-49-54-69(74-56-42-38-34-30-26-22-18-14-10-6-2)71(61-64)76-58-44-40-36-32-28-24-20-16-12-8-4/h47-49,51,53-54,59-62H,5-44,55-58H2,1-4H3. The van der Waals surface area contributed by atoms with Crippen molar-refractivity contribution < 1.29 is 23.7 Å². The maximum atomic E-state index is 12.0. The number of carbonyl (C=O) groups excluding carboxylic acids is 1. The van der Waals surface area contributed by atoms with Gasteiger partial charge in [0.05, 0.1) is 26.4 Å². The van der Waals surface area contributed by atoms with Gasteiger partial charge in [0.15, 0.2) is 23.0 Å². The fourth-order valence-electron chi connectivity index (χ4n) is 9.85. The maximum Gasteiger partial charge on any atom is 0.162 e. The largest absolute Gasteiger partial charge is 0.490 e. The number of benzene rings is 3. The van der Waals surface area contributed by atoms with E-state index in [-0.39, 0.29) is 0 Å². The second kappa shape index (κ2) is 47.8. The second-order valence-corrected chi connectivity index (χ2v) is 21.9. The SMILES string of the molecule is CCCCCCCCCCCCOc1ccc(C#Cc2ccc(C=O)cc2C#Cc2ccc(OCCCCCCCCCCCC)c(OCCCCCCCCCCCC)c2)cc1OCCCCCCCCCCCC. The van der Waals surface area contributed by atoms with Gasteiger partial charge in [-0.3, -0.25) is 4.79 Å². The molecule has 0 fully saturated rings. The van der Waals surface area contributed by atoms with Crippen molar-refractivity contribution in [3.8, 4) is 46.7 Å². The van der Waals surface area contributed by atoms with Crippen LogP contribution in [0.4, 0.5) is 0 Å². The van der Waals surface area contributed by atoms with Gasteiger partial charge in [0.2, 0.25) is 0 Å². The lowest BCUT2D eigenvalue weighted by atomic mass is 10.0. The van der Waals surface area contributed by atoms with E-state index in [4.69, 9.17) is 18.9 Å². The third-order valence-corrected chi connectivity index (χ3v) is 14.8. The van der Waals surface area contributed by atoms with E-state index in [1.807, 2.05) is 54.6 Å². The molecule has 0 radical (unpaired) electrons. The molecule has 3 aromatic carbocycles. The van der Waals surface area contributed by atoms with Crippen LogP contribution in [0, 0.1) is 23.7 Å². The predicted octanol–water partition coefficient (Wildman–Crippen LogP) is 21.5. The first-order valence-corrected chi connectivity index (χ1v) is 32.0. The lowest BCUT2D eigenvalue weighted by Gasteiger charge is -2.13. The highest BCUT2D eigenvalue weighted by atomic mass is 16.5. The van der Waals surface area contributed by atoms with Gasteiger partial charge >= 0.3 is 0 Å². The Balaban J connectivity index is 1.71. The molecular weight excluding hydrogens is 933 g/mol. The first-order chi connectivity index (χ1) is 37.6. The Bertz CT molecular complexity index is 1990. The van der Waals surface area contributed by atoms with Crippen molar-refractivity contribution in [3.63, 3.8) is 0 Å². The summed E-state index contributed by atoms with van der Waals surface area (Å²) in [5, 5.41) is 0. The first kappa shape index (κ1) is 65.9. The van der Waals surface area contributed by atoms with E-state index in [2.05, 4.69) is 51.4 Å². The fourth-order valence-corrected chi connectivity index (χ4v) is 9.85. The number of aldehydes is 1. The van der Waals surface area contributed by atoms with Crippen molar-refractivity contribution in [1.29, 1.82) is 0 Å². The van der Waals surface area contributed by atoms with Crippen molar-refractivity contribution in [2.75, 3.05) is 26.4 Å². The molecule has 0 heterocycles. The van der Waals surface area contributed by atoms with Crippen LogP contribution in [0.25, 0.3) is 0 Å². The van der Waals surface area contributed by atoms with Gasteiger partial charge in [0.25, 0.3) is 0 Å². The van der Waals surface area contributed by atoms with Crippen molar-refractivity contribution in [3.05, 3.63) is 82.4 Å². The molecule has 0 aliphatic rings. The highest BCUT2D eigenvalue weighted by molar-refractivity contribution is 5.76. The van der Waals surface area contributed by atoms with Crippen molar-refractivity contribution in [1.82, 2.24) is 0 Å². The smallest absolute Gasteiger partial charge is 0.162 e. The fraction of sp³-hybridized carbons (Fsp3) is 0.676. The Kier molecular flexibility index (Phi) is 41.5. The van der Waals surface area contributed by atoms with E-state index in [9.17, 15) is 4.79 Å². The molecule has 0 saturated carbocycles. The lowest BCUT2D eigenvalue weighted by Crippen LogP contribution is -2.03. The zero-order valence-electron chi connectivity index (χ0n) is 49.4. The molecule has 0 bridgehead atoms. The Morgan fingerprint density at radius 1 is 0.289 bits per heavy atom. The summed E-state index contributed by atoms with van der Waals surface area (Å²) in [4.78, 5) is 12.0. The minimum Gasteiger partial charge on any atom is -0.490 e. The van der Waals surface area contributed by atoms with Gasteiger partial charge in [-0.2, -0.15) is 0 Å². The topological polar surface area (TPSA) is 54.0 Å². The van der Waals surface area contributed by atoms with Crippen LogP contribution in [0.3, 0.4) is 0 Å². The Morgan fingerprint density at radius 3 is 0.868 bits per heavy atom. The average Bonchev–Trinajstić information content (AvgIpc) is 3.44. The van der Waals surface area contributed by atoms with E-state index in [0.717, 1.165) is 71.7 Å². The average molecular weight is 1040 g/mol. The number of rotatable bonds is 49. The number of hydrogen-bond donors (Lipinski definition) is 0. The molecule has 5 heteroatoms. The molecule has 0 saturated heterocycles. The van der Waals surface area contributed by atoms with E-state index in [1.165, 1.54) is 231 Å². The molecule has 0 aromatic heterocycles. The molecule has 0 amide bonds. The molecule has 5 nitrogen and oxygen atoms in total. The summed E-state index contributed by atoms with van der Waals surface area (Å²) in [5.74, 6) is 16.6. The normalized spacial score (nSPS) is 10.9. The summed E-state index contributed by atoms with van der Waals surface area (Å²) >= 11 is 0. The van der Waals surface area contributed by atoms with Crippen LogP contribution < -0.4 is 18.9 Å². The van der Waals surface area contributed by atoms with Crippen LogP contribution >= 0.6 is 0 Å². The monoisotopic (exact) mass is 1040 g/mol. The summed E-state index contributed by atoms with van der Waals surface area (Å²) < 4.78 is 25.7. The molecule has 0 atom stereocenters. The zero-order chi connectivity index (χ0) is 54.0. The van der Waals surface area contributed by atoms with Crippen LogP contribution in [0.5, 0.6) is 23.0 Å². The minimum absolute atomic E-state index is 0.567. The van der Waals surface area contributed by atoms with E-state index in [0.29, 0.717) is 37.6 Å². The van der Waals surface area contributed by atoms with Gasteiger partial charge in [-0.05, 0) is 74.2 Å². The molecule has 0 aliphatic carbocycles. The molecule has 3 rings (SSSR count). The highest BCUT2D eigenvalue weighted by Crippen LogP contribution is 2.31. The summed E-state index contributed by atoms with van der Waals surface area (Å²) in [6, 6.07) is 17.7. The zero-order valence-corrected chi connectivity index (χ0v) is 49.4. The molecule has 76 heavy (non-hydrogen) atoms. The highest BCUT2D eigenvalue weighted by Gasteiger charge is 2.10.